The van der Waals surface area contributed by atoms with E-state index in [1.54, 1.807) is 24.3 Å². The smallest absolute Gasteiger partial charge is 0.387 e. The van der Waals surface area contributed by atoms with Crippen LogP contribution in [0.15, 0.2) is 71.6 Å². The van der Waals surface area contributed by atoms with Crippen molar-refractivity contribution in [1.82, 2.24) is 9.21 Å². The highest BCUT2D eigenvalue weighted by Crippen LogP contribution is 2.26. The van der Waals surface area contributed by atoms with Crippen LogP contribution in [0.25, 0.3) is 0 Å². The molecule has 0 radical (unpaired) electrons. The standard InChI is InChI=1S/C26H25ClF4N2O4S/c27-19-6-4-18(5-7-19)25(36-17-22-23(28)2-1-3-24(22)29)16-32-12-14-33(15-13-32)38(34,35)21-10-8-20(9-11-21)37-26(30)31/h1-11,25-26H,12-17H2/t25-/m0/s1. The quantitative estimate of drug-likeness (QED) is 0.301. The van der Waals surface area contributed by atoms with Gasteiger partial charge in [-0.2, -0.15) is 13.1 Å². The zero-order valence-corrected chi connectivity index (χ0v) is 21.6. The van der Waals surface area contributed by atoms with Crippen molar-refractivity contribution < 1.29 is 35.5 Å². The molecule has 1 aliphatic heterocycles. The lowest BCUT2D eigenvalue weighted by Crippen LogP contribution is -2.49. The number of alkyl halides is 2. The van der Waals surface area contributed by atoms with Crippen LogP contribution in [-0.4, -0.2) is 57.0 Å². The van der Waals surface area contributed by atoms with Crippen LogP contribution >= 0.6 is 11.6 Å². The molecule has 0 spiro atoms. The maximum absolute atomic E-state index is 14.1. The number of piperazine rings is 1. The molecule has 4 rings (SSSR count). The summed E-state index contributed by atoms with van der Waals surface area (Å²) in [4.78, 5) is 1.98. The Kier molecular flexibility index (Phi) is 9.27. The van der Waals surface area contributed by atoms with Crippen molar-refractivity contribution in [3.05, 3.63) is 94.5 Å². The molecule has 3 aromatic carbocycles. The molecule has 0 aromatic heterocycles. The third-order valence-corrected chi connectivity index (χ3v) is 8.34. The highest BCUT2D eigenvalue weighted by molar-refractivity contribution is 7.89. The molecule has 1 fully saturated rings. The average molecular weight is 573 g/mol. The Labute approximate surface area is 223 Å². The monoisotopic (exact) mass is 572 g/mol. The molecule has 1 atom stereocenters. The van der Waals surface area contributed by atoms with E-state index in [9.17, 15) is 26.0 Å². The fraction of sp³-hybridized carbons (Fsp3) is 0.308. The van der Waals surface area contributed by atoms with Gasteiger partial charge in [0.2, 0.25) is 10.0 Å². The molecule has 1 heterocycles. The van der Waals surface area contributed by atoms with Crippen molar-refractivity contribution in [2.45, 2.75) is 24.2 Å². The maximum Gasteiger partial charge on any atom is 0.387 e. The Hall–Kier alpha value is -2.70. The van der Waals surface area contributed by atoms with Crippen molar-refractivity contribution in [2.75, 3.05) is 32.7 Å². The molecule has 38 heavy (non-hydrogen) atoms. The van der Waals surface area contributed by atoms with Gasteiger partial charge in [-0.1, -0.05) is 29.8 Å². The molecule has 1 saturated heterocycles. The van der Waals surface area contributed by atoms with Gasteiger partial charge in [-0.25, -0.2) is 17.2 Å². The summed E-state index contributed by atoms with van der Waals surface area (Å²) in [5, 5.41) is 0.528. The van der Waals surface area contributed by atoms with Crippen molar-refractivity contribution in [3.8, 4) is 5.75 Å². The molecule has 0 unspecified atom stereocenters. The zero-order chi connectivity index (χ0) is 27.3. The second kappa shape index (κ2) is 12.4. The van der Waals surface area contributed by atoms with Crippen LogP contribution in [0.2, 0.25) is 5.02 Å². The minimum Gasteiger partial charge on any atom is -0.435 e. The largest absolute Gasteiger partial charge is 0.435 e. The Morgan fingerprint density at radius 2 is 1.47 bits per heavy atom. The maximum atomic E-state index is 14.1. The van der Waals surface area contributed by atoms with E-state index in [4.69, 9.17) is 16.3 Å². The van der Waals surface area contributed by atoms with E-state index in [1.807, 2.05) is 4.90 Å². The summed E-state index contributed by atoms with van der Waals surface area (Å²) in [6.45, 7) is -1.80. The second-order valence-corrected chi connectivity index (χ2v) is 11.0. The number of benzene rings is 3. The van der Waals surface area contributed by atoms with Crippen LogP contribution in [0.5, 0.6) is 5.75 Å². The van der Waals surface area contributed by atoms with Crippen LogP contribution in [0, 0.1) is 11.6 Å². The first kappa shape index (κ1) is 28.3. The molecule has 0 aliphatic carbocycles. The van der Waals surface area contributed by atoms with Gasteiger partial charge in [-0.3, -0.25) is 4.90 Å². The zero-order valence-electron chi connectivity index (χ0n) is 20.1. The topological polar surface area (TPSA) is 59.1 Å². The van der Waals surface area contributed by atoms with Crippen LogP contribution in [0.1, 0.15) is 17.2 Å². The molecule has 0 saturated carbocycles. The molecule has 0 amide bonds. The number of ether oxygens (including phenoxy) is 2. The Morgan fingerprint density at radius 1 is 0.868 bits per heavy atom. The number of halogens is 5. The van der Waals surface area contributed by atoms with Gasteiger partial charge in [0, 0.05) is 43.3 Å². The van der Waals surface area contributed by atoms with E-state index >= 15 is 0 Å². The molecule has 204 valence electrons. The lowest BCUT2D eigenvalue weighted by atomic mass is 10.1. The molecule has 12 heteroatoms. The van der Waals surface area contributed by atoms with Crippen LogP contribution < -0.4 is 4.74 Å². The van der Waals surface area contributed by atoms with E-state index in [0.717, 1.165) is 17.7 Å². The number of nitrogens with zero attached hydrogens (tertiary/aromatic N) is 2. The molecule has 1 aliphatic rings. The van der Waals surface area contributed by atoms with Gasteiger partial charge in [-0.15, -0.1) is 0 Å². The summed E-state index contributed by atoms with van der Waals surface area (Å²) in [7, 11) is -3.84. The lowest BCUT2D eigenvalue weighted by Gasteiger charge is -2.36. The van der Waals surface area contributed by atoms with Gasteiger partial charge in [-0.05, 0) is 54.1 Å². The number of hydrogen-bond acceptors (Lipinski definition) is 5. The first-order valence-electron chi connectivity index (χ1n) is 11.7. The molecular formula is C26H25ClF4N2O4S. The van der Waals surface area contributed by atoms with Crippen molar-refractivity contribution >= 4 is 21.6 Å². The lowest BCUT2D eigenvalue weighted by molar-refractivity contribution is -0.0498. The molecule has 0 bridgehead atoms. The minimum absolute atomic E-state index is 0.0261. The van der Waals surface area contributed by atoms with Crippen molar-refractivity contribution in [2.24, 2.45) is 0 Å². The van der Waals surface area contributed by atoms with E-state index in [1.165, 1.54) is 34.6 Å². The first-order chi connectivity index (χ1) is 18.1. The number of rotatable bonds is 10. The Bertz CT molecular complexity index is 1300. The fourth-order valence-electron chi connectivity index (χ4n) is 4.12. The highest BCUT2D eigenvalue weighted by Gasteiger charge is 2.30. The summed E-state index contributed by atoms with van der Waals surface area (Å²) in [6.07, 6.45) is -0.559. The van der Waals surface area contributed by atoms with Gasteiger partial charge < -0.3 is 9.47 Å². The van der Waals surface area contributed by atoms with Crippen molar-refractivity contribution in [3.63, 3.8) is 0 Å². The van der Waals surface area contributed by atoms with Crippen LogP contribution in [-0.2, 0) is 21.4 Å². The predicted octanol–water partition coefficient (Wildman–Crippen LogP) is 5.48. The summed E-state index contributed by atoms with van der Waals surface area (Å²) in [5.74, 6) is -1.53. The molecule has 6 nitrogen and oxygen atoms in total. The van der Waals surface area contributed by atoms with Crippen LogP contribution in [0.4, 0.5) is 17.6 Å². The van der Waals surface area contributed by atoms with Gasteiger partial charge in [0.15, 0.2) is 0 Å². The number of sulfonamides is 1. The summed E-state index contributed by atoms with van der Waals surface area (Å²) in [5.41, 5.74) is 0.583. The summed E-state index contributed by atoms with van der Waals surface area (Å²) >= 11 is 6.01. The second-order valence-electron chi connectivity index (χ2n) is 8.61. The van der Waals surface area contributed by atoms with E-state index in [0.29, 0.717) is 24.7 Å². The minimum atomic E-state index is -3.84. The average Bonchev–Trinajstić information content (AvgIpc) is 2.88. The molecular weight excluding hydrogens is 548 g/mol. The van der Waals surface area contributed by atoms with Gasteiger partial charge >= 0.3 is 6.61 Å². The van der Waals surface area contributed by atoms with Gasteiger partial charge in [0.25, 0.3) is 0 Å². The number of hydrogen-bond donors (Lipinski definition) is 0. The molecule has 0 N–H and O–H groups in total. The third kappa shape index (κ3) is 7.03. The Morgan fingerprint density at radius 3 is 2.05 bits per heavy atom. The normalized spacial score (nSPS) is 16.1. The van der Waals surface area contributed by atoms with Gasteiger partial charge in [0.1, 0.15) is 17.4 Å². The van der Waals surface area contributed by atoms with Crippen LogP contribution in [0.3, 0.4) is 0 Å². The third-order valence-electron chi connectivity index (χ3n) is 6.17. The first-order valence-corrected chi connectivity index (χ1v) is 13.5. The van der Waals surface area contributed by atoms with E-state index < -0.39 is 34.4 Å². The highest BCUT2D eigenvalue weighted by atomic mass is 35.5. The molecule has 3 aromatic rings. The van der Waals surface area contributed by atoms with Crippen molar-refractivity contribution in [1.29, 1.82) is 0 Å². The SMILES string of the molecule is O=S(=O)(c1ccc(OC(F)F)cc1)N1CCN(C[C@H](OCc2c(F)cccc2F)c2ccc(Cl)cc2)CC1. The fourth-order valence-corrected chi connectivity index (χ4v) is 5.66. The predicted molar refractivity (Wildman–Crippen MR) is 134 cm³/mol. The van der Waals surface area contributed by atoms with Gasteiger partial charge in [0.05, 0.1) is 17.6 Å². The summed E-state index contributed by atoms with van der Waals surface area (Å²) < 4.78 is 90.6. The Balaban J connectivity index is 1.41. The summed E-state index contributed by atoms with van der Waals surface area (Å²) in [6, 6.07) is 15.4. The van der Waals surface area contributed by atoms with E-state index in [2.05, 4.69) is 4.74 Å². The van der Waals surface area contributed by atoms with E-state index in [-0.39, 0.29) is 35.9 Å².